The van der Waals surface area contributed by atoms with Gasteiger partial charge in [-0.15, -0.1) is 0 Å². The van der Waals surface area contributed by atoms with Crippen LogP contribution in [0.3, 0.4) is 0 Å². The summed E-state index contributed by atoms with van der Waals surface area (Å²) in [6.07, 6.45) is 2.43. The number of nitrogens with zero attached hydrogens (tertiary/aromatic N) is 2. The van der Waals surface area contributed by atoms with Gasteiger partial charge in [-0.2, -0.15) is 5.26 Å². The van der Waals surface area contributed by atoms with Gasteiger partial charge in [-0.1, -0.05) is 12.1 Å². The average molecular weight is 243 g/mol. The number of hydrogen-bond acceptors (Lipinski definition) is 3. The summed E-state index contributed by atoms with van der Waals surface area (Å²) < 4.78 is 0. The molecule has 1 N–H and O–H groups in total. The number of benzene rings is 1. The summed E-state index contributed by atoms with van der Waals surface area (Å²) in [7, 11) is 2.20. The maximum Gasteiger partial charge on any atom is 0.0991 e. The fourth-order valence-electron chi connectivity index (χ4n) is 2.43. The van der Waals surface area contributed by atoms with E-state index in [0.29, 0.717) is 12.1 Å². The third-order valence-corrected chi connectivity index (χ3v) is 3.89. The lowest BCUT2D eigenvalue weighted by Crippen LogP contribution is -2.45. The second-order valence-corrected chi connectivity index (χ2v) is 5.24. The van der Waals surface area contributed by atoms with E-state index < -0.39 is 0 Å². The molecule has 2 atom stereocenters. The van der Waals surface area contributed by atoms with Crippen LogP contribution in [0.5, 0.6) is 0 Å². The third kappa shape index (κ3) is 3.32. The second-order valence-electron chi connectivity index (χ2n) is 5.24. The standard InChI is InChI=1S/C15H21N3/c1-12-9-15(7-8-18(12)2)17-11-14-5-3-13(10-16)4-6-14/h3-6,12,15,17H,7-9,11H2,1-2H3. The molecule has 3 heteroatoms. The molecule has 0 bridgehead atoms. The summed E-state index contributed by atoms with van der Waals surface area (Å²) in [5.41, 5.74) is 1.98. The van der Waals surface area contributed by atoms with Crippen molar-refractivity contribution in [1.29, 1.82) is 5.26 Å². The van der Waals surface area contributed by atoms with Crippen molar-refractivity contribution in [3.8, 4) is 6.07 Å². The minimum Gasteiger partial charge on any atom is -0.310 e. The first-order valence-corrected chi connectivity index (χ1v) is 6.61. The van der Waals surface area contributed by atoms with E-state index in [0.717, 1.165) is 12.1 Å². The summed E-state index contributed by atoms with van der Waals surface area (Å²) in [6, 6.07) is 11.3. The van der Waals surface area contributed by atoms with Gasteiger partial charge in [0.25, 0.3) is 0 Å². The van der Waals surface area contributed by atoms with Gasteiger partial charge in [-0.25, -0.2) is 0 Å². The van der Waals surface area contributed by atoms with Crippen molar-refractivity contribution in [3.05, 3.63) is 35.4 Å². The Hall–Kier alpha value is -1.37. The molecule has 1 fully saturated rings. The molecule has 0 amide bonds. The van der Waals surface area contributed by atoms with Gasteiger partial charge in [-0.3, -0.25) is 0 Å². The third-order valence-electron chi connectivity index (χ3n) is 3.89. The molecule has 18 heavy (non-hydrogen) atoms. The zero-order chi connectivity index (χ0) is 13.0. The fourth-order valence-corrected chi connectivity index (χ4v) is 2.43. The largest absolute Gasteiger partial charge is 0.310 e. The summed E-state index contributed by atoms with van der Waals surface area (Å²) in [6.45, 7) is 4.36. The van der Waals surface area contributed by atoms with Crippen LogP contribution in [0.1, 0.15) is 30.9 Å². The molecular weight excluding hydrogens is 222 g/mol. The molecule has 1 aromatic rings. The zero-order valence-electron chi connectivity index (χ0n) is 11.2. The summed E-state index contributed by atoms with van der Waals surface area (Å²) in [4.78, 5) is 2.42. The quantitative estimate of drug-likeness (QED) is 0.884. The Labute approximate surface area is 109 Å². The van der Waals surface area contributed by atoms with Crippen LogP contribution in [-0.4, -0.2) is 30.6 Å². The summed E-state index contributed by atoms with van der Waals surface area (Å²) >= 11 is 0. The van der Waals surface area contributed by atoms with E-state index in [1.165, 1.54) is 24.9 Å². The normalized spacial score (nSPS) is 24.7. The van der Waals surface area contributed by atoms with E-state index in [1.54, 1.807) is 0 Å². The Kier molecular flexibility index (Phi) is 4.35. The molecule has 3 nitrogen and oxygen atoms in total. The summed E-state index contributed by atoms with van der Waals surface area (Å²) in [5.74, 6) is 0. The molecule has 0 radical (unpaired) electrons. The molecule has 1 aliphatic heterocycles. The molecule has 0 aliphatic carbocycles. The first-order valence-electron chi connectivity index (χ1n) is 6.61. The molecule has 1 aliphatic rings. The van der Waals surface area contributed by atoms with Crippen LogP contribution in [0, 0.1) is 11.3 Å². The molecule has 0 saturated carbocycles. The van der Waals surface area contributed by atoms with Gasteiger partial charge in [0.15, 0.2) is 0 Å². The van der Waals surface area contributed by atoms with Crippen molar-refractivity contribution in [2.75, 3.05) is 13.6 Å². The Bertz CT molecular complexity index is 418. The van der Waals surface area contributed by atoms with Crippen molar-refractivity contribution in [2.24, 2.45) is 0 Å². The molecule has 1 heterocycles. The van der Waals surface area contributed by atoms with Crippen LogP contribution >= 0.6 is 0 Å². The highest BCUT2D eigenvalue weighted by molar-refractivity contribution is 5.31. The first-order chi connectivity index (χ1) is 8.69. The van der Waals surface area contributed by atoms with Gasteiger partial charge in [0, 0.05) is 18.6 Å². The van der Waals surface area contributed by atoms with Crippen molar-refractivity contribution in [2.45, 2.75) is 38.4 Å². The van der Waals surface area contributed by atoms with Crippen LogP contribution in [0.2, 0.25) is 0 Å². The van der Waals surface area contributed by atoms with E-state index in [9.17, 15) is 0 Å². The highest BCUT2D eigenvalue weighted by Crippen LogP contribution is 2.15. The van der Waals surface area contributed by atoms with Gasteiger partial charge in [0.05, 0.1) is 11.6 Å². The SMILES string of the molecule is CC1CC(NCc2ccc(C#N)cc2)CCN1C. The van der Waals surface area contributed by atoms with Gasteiger partial charge < -0.3 is 10.2 Å². The molecule has 0 aromatic heterocycles. The number of nitrogens with one attached hydrogen (secondary N) is 1. The van der Waals surface area contributed by atoms with Gasteiger partial charge in [0.1, 0.15) is 0 Å². The van der Waals surface area contributed by atoms with Crippen LogP contribution < -0.4 is 5.32 Å². The Morgan fingerprint density at radius 3 is 2.72 bits per heavy atom. The minimum atomic E-state index is 0.617. The van der Waals surface area contributed by atoms with Gasteiger partial charge in [-0.05, 0) is 51.1 Å². The number of hydrogen-bond donors (Lipinski definition) is 1. The predicted molar refractivity (Wildman–Crippen MR) is 73.1 cm³/mol. The number of piperidine rings is 1. The van der Waals surface area contributed by atoms with E-state index in [-0.39, 0.29) is 0 Å². The smallest absolute Gasteiger partial charge is 0.0991 e. The van der Waals surface area contributed by atoms with E-state index >= 15 is 0 Å². The Morgan fingerprint density at radius 1 is 1.39 bits per heavy atom. The second kappa shape index (κ2) is 5.99. The number of rotatable bonds is 3. The number of likely N-dealkylation sites (tertiary alicyclic amines) is 1. The van der Waals surface area contributed by atoms with Gasteiger partial charge in [0.2, 0.25) is 0 Å². The van der Waals surface area contributed by atoms with Crippen molar-refractivity contribution in [1.82, 2.24) is 10.2 Å². The maximum absolute atomic E-state index is 8.75. The van der Waals surface area contributed by atoms with E-state index in [1.807, 2.05) is 24.3 Å². The van der Waals surface area contributed by atoms with Crippen LogP contribution in [0.4, 0.5) is 0 Å². The van der Waals surface area contributed by atoms with Crippen molar-refractivity contribution < 1.29 is 0 Å². The lowest BCUT2D eigenvalue weighted by atomic mass is 9.98. The lowest BCUT2D eigenvalue weighted by molar-refractivity contribution is 0.168. The lowest BCUT2D eigenvalue weighted by Gasteiger charge is -2.35. The maximum atomic E-state index is 8.75. The topological polar surface area (TPSA) is 39.1 Å². The van der Waals surface area contributed by atoms with E-state index in [2.05, 4.69) is 30.3 Å². The van der Waals surface area contributed by atoms with Gasteiger partial charge >= 0.3 is 0 Å². The Balaban J connectivity index is 1.82. The molecular formula is C15H21N3. The minimum absolute atomic E-state index is 0.617. The van der Waals surface area contributed by atoms with Crippen LogP contribution in [0.15, 0.2) is 24.3 Å². The van der Waals surface area contributed by atoms with Crippen LogP contribution in [0.25, 0.3) is 0 Å². The summed E-state index contributed by atoms with van der Waals surface area (Å²) in [5, 5.41) is 12.4. The monoisotopic (exact) mass is 243 g/mol. The predicted octanol–water partition coefficient (Wildman–Crippen LogP) is 2.13. The molecule has 2 unspecified atom stereocenters. The molecule has 1 aromatic carbocycles. The average Bonchev–Trinajstić information content (AvgIpc) is 2.41. The fraction of sp³-hybridized carbons (Fsp3) is 0.533. The van der Waals surface area contributed by atoms with Crippen molar-refractivity contribution >= 4 is 0 Å². The zero-order valence-corrected chi connectivity index (χ0v) is 11.2. The highest BCUT2D eigenvalue weighted by Gasteiger charge is 2.21. The molecule has 1 saturated heterocycles. The first kappa shape index (κ1) is 13.1. The number of nitriles is 1. The van der Waals surface area contributed by atoms with E-state index in [4.69, 9.17) is 5.26 Å². The Morgan fingerprint density at radius 2 is 2.11 bits per heavy atom. The van der Waals surface area contributed by atoms with Crippen LogP contribution in [-0.2, 0) is 6.54 Å². The molecule has 0 spiro atoms. The molecule has 2 rings (SSSR count). The van der Waals surface area contributed by atoms with Crippen molar-refractivity contribution in [3.63, 3.8) is 0 Å². The highest BCUT2D eigenvalue weighted by atomic mass is 15.1. The molecule has 96 valence electrons.